The summed E-state index contributed by atoms with van der Waals surface area (Å²) >= 11 is 5.17. The highest BCUT2D eigenvalue weighted by molar-refractivity contribution is 9.10. The van der Waals surface area contributed by atoms with Gasteiger partial charge in [0.15, 0.2) is 0 Å². The fourth-order valence-electron chi connectivity index (χ4n) is 1.86. The smallest absolute Gasteiger partial charge is 0.148 e. The first kappa shape index (κ1) is 14.6. The lowest BCUT2D eigenvalue weighted by Crippen LogP contribution is -2.31. The highest BCUT2D eigenvalue weighted by atomic mass is 79.9. The van der Waals surface area contributed by atoms with Gasteiger partial charge in [-0.1, -0.05) is 35.0 Å². The molecule has 0 aliphatic carbocycles. The van der Waals surface area contributed by atoms with E-state index >= 15 is 0 Å². The summed E-state index contributed by atoms with van der Waals surface area (Å²) in [5.41, 5.74) is 7.33. The molecule has 0 saturated heterocycles. The summed E-state index contributed by atoms with van der Waals surface area (Å²) in [5, 5.41) is 2.06. The van der Waals surface area contributed by atoms with Crippen LogP contribution < -0.4 is 10.5 Å². The van der Waals surface area contributed by atoms with Crippen molar-refractivity contribution >= 4 is 27.3 Å². The molecule has 1 aromatic heterocycles. The summed E-state index contributed by atoms with van der Waals surface area (Å²) in [6, 6.07) is 10.2. The summed E-state index contributed by atoms with van der Waals surface area (Å²) in [5.74, 6) is 0.886. The van der Waals surface area contributed by atoms with Crippen LogP contribution in [0.1, 0.15) is 29.9 Å². The Balaban J connectivity index is 2.28. The Bertz CT molecular complexity index is 527. The highest BCUT2D eigenvalue weighted by Crippen LogP contribution is 2.31. The highest BCUT2D eigenvalue weighted by Gasteiger charge is 2.22. The van der Waals surface area contributed by atoms with E-state index in [9.17, 15) is 0 Å². The van der Waals surface area contributed by atoms with Crippen LogP contribution in [0.2, 0.25) is 0 Å². The van der Waals surface area contributed by atoms with Crippen LogP contribution in [-0.4, -0.2) is 6.04 Å². The number of nitrogens with two attached hydrogens (primary N) is 1. The molecule has 2 rings (SSSR count). The quantitative estimate of drug-likeness (QED) is 0.858. The van der Waals surface area contributed by atoms with Crippen LogP contribution in [0.25, 0.3) is 0 Å². The molecule has 0 saturated carbocycles. The molecule has 0 radical (unpaired) electrons. The van der Waals surface area contributed by atoms with Gasteiger partial charge in [0, 0.05) is 15.4 Å². The minimum Gasteiger partial charge on any atom is -0.483 e. The Kier molecular flexibility index (Phi) is 5.02. The van der Waals surface area contributed by atoms with Crippen LogP contribution in [0.5, 0.6) is 5.75 Å². The molecule has 2 atom stereocenters. The topological polar surface area (TPSA) is 35.2 Å². The first-order valence-corrected chi connectivity index (χ1v) is 8.01. The third kappa shape index (κ3) is 3.59. The molecule has 2 aromatic rings. The molecule has 2 nitrogen and oxygen atoms in total. The maximum atomic E-state index is 6.21. The molecule has 1 aromatic carbocycles. The van der Waals surface area contributed by atoms with E-state index in [1.165, 1.54) is 4.88 Å². The average molecular weight is 340 g/mol. The lowest BCUT2D eigenvalue weighted by molar-refractivity contribution is 0.173. The van der Waals surface area contributed by atoms with Gasteiger partial charge in [0.05, 0.1) is 0 Å². The molecule has 19 heavy (non-hydrogen) atoms. The van der Waals surface area contributed by atoms with Crippen molar-refractivity contribution in [3.05, 3.63) is 50.6 Å². The Morgan fingerprint density at radius 3 is 2.79 bits per heavy atom. The van der Waals surface area contributed by atoms with Crippen LogP contribution in [-0.2, 0) is 0 Å². The van der Waals surface area contributed by atoms with Gasteiger partial charge in [0.2, 0.25) is 0 Å². The van der Waals surface area contributed by atoms with Crippen molar-refractivity contribution in [1.29, 1.82) is 0 Å². The van der Waals surface area contributed by atoms with Crippen molar-refractivity contribution in [3.8, 4) is 5.75 Å². The van der Waals surface area contributed by atoms with Gasteiger partial charge in [0.1, 0.15) is 11.9 Å². The van der Waals surface area contributed by atoms with E-state index in [2.05, 4.69) is 34.3 Å². The normalized spacial score (nSPS) is 14.1. The van der Waals surface area contributed by atoms with Crippen molar-refractivity contribution in [2.24, 2.45) is 5.73 Å². The minimum atomic E-state index is -0.0852. The fraction of sp³-hybridized carbons (Fsp3) is 0.333. The van der Waals surface area contributed by atoms with Gasteiger partial charge in [-0.05, 0) is 42.5 Å². The molecule has 2 unspecified atom stereocenters. The molecule has 0 aliphatic heterocycles. The van der Waals surface area contributed by atoms with Crippen LogP contribution in [0.4, 0.5) is 0 Å². The maximum Gasteiger partial charge on any atom is 0.148 e. The third-order valence-electron chi connectivity index (χ3n) is 3.09. The molecule has 1 heterocycles. The molecule has 0 aliphatic rings. The molecule has 0 bridgehead atoms. The number of aryl methyl sites for hydroxylation is 1. The molecule has 0 fully saturated rings. The van der Waals surface area contributed by atoms with Crippen molar-refractivity contribution in [3.63, 3.8) is 0 Å². The second-order valence-corrected chi connectivity index (χ2v) is 6.43. The van der Waals surface area contributed by atoms with Gasteiger partial charge in [-0.25, -0.2) is 0 Å². The van der Waals surface area contributed by atoms with E-state index in [-0.39, 0.29) is 12.1 Å². The standard InChI is InChI=1S/C15H18BrNOS/c1-3-12(17)15(14-5-4-8-19-14)18-13-9-11(16)7-6-10(13)2/h4-9,12,15H,3,17H2,1-2H3. The second kappa shape index (κ2) is 6.55. The Labute approximate surface area is 126 Å². The largest absolute Gasteiger partial charge is 0.483 e. The van der Waals surface area contributed by atoms with Crippen LogP contribution in [0.3, 0.4) is 0 Å². The zero-order valence-electron chi connectivity index (χ0n) is 11.1. The molecular formula is C15H18BrNOS. The first-order valence-electron chi connectivity index (χ1n) is 6.33. The maximum absolute atomic E-state index is 6.21. The fourth-order valence-corrected chi connectivity index (χ4v) is 3.03. The number of rotatable bonds is 5. The van der Waals surface area contributed by atoms with E-state index in [4.69, 9.17) is 10.5 Å². The van der Waals surface area contributed by atoms with Crippen molar-refractivity contribution < 1.29 is 4.74 Å². The SMILES string of the molecule is CCC(N)C(Oc1cc(Br)ccc1C)c1cccs1. The van der Waals surface area contributed by atoms with Crippen LogP contribution in [0, 0.1) is 6.92 Å². The predicted octanol–water partition coefficient (Wildman–Crippen LogP) is 4.68. The summed E-state index contributed by atoms with van der Waals surface area (Å²) in [6.07, 6.45) is 0.799. The zero-order chi connectivity index (χ0) is 13.8. The number of halogens is 1. The molecule has 2 N–H and O–H groups in total. The minimum absolute atomic E-state index is 0.00275. The zero-order valence-corrected chi connectivity index (χ0v) is 13.5. The number of hydrogen-bond donors (Lipinski definition) is 1. The van der Waals surface area contributed by atoms with Crippen LogP contribution >= 0.6 is 27.3 Å². The lowest BCUT2D eigenvalue weighted by atomic mass is 10.1. The van der Waals surface area contributed by atoms with Crippen LogP contribution in [0.15, 0.2) is 40.2 Å². The Morgan fingerprint density at radius 1 is 1.37 bits per heavy atom. The summed E-state index contributed by atoms with van der Waals surface area (Å²) in [4.78, 5) is 1.17. The summed E-state index contributed by atoms with van der Waals surface area (Å²) in [7, 11) is 0. The van der Waals surface area contributed by atoms with Gasteiger partial charge in [-0.3, -0.25) is 0 Å². The van der Waals surface area contributed by atoms with E-state index in [0.29, 0.717) is 0 Å². The van der Waals surface area contributed by atoms with Gasteiger partial charge in [0.25, 0.3) is 0 Å². The molecule has 0 spiro atoms. The number of benzene rings is 1. The van der Waals surface area contributed by atoms with Gasteiger partial charge in [-0.15, -0.1) is 11.3 Å². The summed E-state index contributed by atoms with van der Waals surface area (Å²) in [6.45, 7) is 4.13. The third-order valence-corrected chi connectivity index (χ3v) is 4.52. The second-order valence-electron chi connectivity index (χ2n) is 4.54. The Hall–Kier alpha value is -0.840. The lowest BCUT2D eigenvalue weighted by Gasteiger charge is -2.24. The monoisotopic (exact) mass is 339 g/mol. The first-order chi connectivity index (χ1) is 9.11. The number of thiophene rings is 1. The molecule has 0 amide bonds. The summed E-state index contributed by atoms with van der Waals surface area (Å²) < 4.78 is 7.20. The van der Waals surface area contributed by atoms with Gasteiger partial charge in [-0.2, -0.15) is 0 Å². The number of hydrogen-bond acceptors (Lipinski definition) is 3. The van der Waals surface area contributed by atoms with E-state index in [1.807, 2.05) is 31.2 Å². The number of ether oxygens (including phenoxy) is 1. The predicted molar refractivity (Wildman–Crippen MR) is 84.8 cm³/mol. The molecular weight excluding hydrogens is 322 g/mol. The average Bonchev–Trinajstić information content (AvgIpc) is 2.92. The van der Waals surface area contributed by atoms with Gasteiger partial charge < -0.3 is 10.5 Å². The van der Waals surface area contributed by atoms with Gasteiger partial charge >= 0.3 is 0 Å². The van der Waals surface area contributed by atoms with Crippen molar-refractivity contribution in [2.45, 2.75) is 32.4 Å². The molecule has 4 heteroatoms. The Morgan fingerprint density at radius 2 is 2.16 bits per heavy atom. The van der Waals surface area contributed by atoms with E-state index < -0.39 is 0 Å². The van der Waals surface area contributed by atoms with Crippen molar-refractivity contribution in [1.82, 2.24) is 0 Å². The van der Waals surface area contributed by atoms with Crippen molar-refractivity contribution in [2.75, 3.05) is 0 Å². The molecule has 102 valence electrons. The van der Waals surface area contributed by atoms with E-state index in [1.54, 1.807) is 11.3 Å². The van der Waals surface area contributed by atoms with E-state index in [0.717, 1.165) is 22.2 Å².